The molecule has 0 radical (unpaired) electrons. The number of ether oxygens (including phenoxy) is 1. The van der Waals surface area contributed by atoms with Crippen LogP contribution in [0.5, 0.6) is 0 Å². The Hall–Kier alpha value is -1.39. The van der Waals surface area contributed by atoms with E-state index in [1.807, 2.05) is 12.1 Å². The number of hydrogen-bond acceptors (Lipinski definition) is 3. The van der Waals surface area contributed by atoms with E-state index in [-0.39, 0.29) is 12.0 Å². The average Bonchev–Trinajstić information content (AvgIpc) is 2.62. The van der Waals surface area contributed by atoms with Gasteiger partial charge in [0, 0.05) is 24.8 Å². The van der Waals surface area contributed by atoms with Crippen LogP contribution < -0.4 is 5.32 Å². The van der Waals surface area contributed by atoms with E-state index < -0.39 is 5.60 Å². The van der Waals surface area contributed by atoms with Crippen molar-refractivity contribution >= 4 is 11.6 Å². The minimum Gasteiger partial charge on any atom is -0.381 e. The Bertz CT molecular complexity index is 446. The molecule has 1 aliphatic heterocycles. The van der Waals surface area contributed by atoms with Crippen LogP contribution in [0.3, 0.4) is 0 Å². The van der Waals surface area contributed by atoms with Gasteiger partial charge < -0.3 is 15.2 Å². The summed E-state index contributed by atoms with van der Waals surface area (Å²) in [6.07, 6.45) is 1.96. The van der Waals surface area contributed by atoms with Crippen LogP contribution in [0.25, 0.3) is 0 Å². The number of hydrogen-bond donors (Lipinski definition) is 2. The topological polar surface area (TPSA) is 58.6 Å². The Kier molecular flexibility index (Phi) is 3.68. The standard InChI is InChI=1S/C14H19NO3/c1-3-6-10(18-2)9-14(17)11-7-4-5-8-12(11)15-13(14)16/h4-5,7-8,10,17H,3,6,9H2,1-2H3,(H,15,16). The maximum Gasteiger partial charge on any atom is 0.261 e. The number of carbonyl (C=O) groups excluding carboxylic acids is 1. The normalized spacial score (nSPS) is 23.6. The maximum atomic E-state index is 12.0. The highest BCUT2D eigenvalue weighted by Crippen LogP contribution is 2.39. The van der Waals surface area contributed by atoms with Crippen LogP contribution in [-0.4, -0.2) is 24.2 Å². The summed E-state index contributed by atoms with van der Waals surface area (Å²) in [5.74, 6) is -0.359. The molecule has 0 fully saturated rings. The number of rotatable bonds is 5. The van der Waals surface area contributed by atoms with Gasteiger partial charge in [-0.2, -0.15) is 0 Å². The van der Waals surface area contributed by atoms with Crippen molar-refractivity contribution < 1.29 is 14.6 Å². The Morgan fingerprint density at radius 3 is 2.83 bits per heavy atom. The molecule has 2 atom stereocenters. The Balaban J connectivity index is 2.27. The minimum atomic E-state index is -1.47. The van der Waals surface area contributed by atoms with Gasteiger partial charge in [0.05, 0.1) is 6.10 Å². The summed E-state index contributed by atoms with van der Waals surface area (Å²) in [7, 11) is 1.61. The zero-order valence-electron chi connectivity index (χ0n) is 10.8. The predicted octanol–water partition coefficient (Wildman–Crippen LogP) is 2.03. The van der Waals surface area contributed by atoms with Crippen LogP contribution in [0.4, 0.5) is 5.69 Å². The number of fused-ring (bicyclic) bond motifs is 1. The van der Waals surface area contributed by atoms with Gasteiger partial charge in [0.2, 0.25) is 0 Å². The molecule has 1 aromatic rings. The second kappa shape index (κ2) is 5.08. The fraction of sp³-hybridized carbons (Fsp3) is 0.500. The van der Waals surface area contributed by atoms with Crippen molar-refractivity contribution in [2.75, 3.05) is 12.4 Å². The predicted molar refractivity (Wildman–Crippen MR) is 69.3 cm³/mol. The van der Waals surface area contributed by atoms with Crippen molar-refractivity contribution in [3.05, 3.63) is 29.8 Å². The van der Waals surface area contributed by atoms with Gasteiger partial charge in [0.25, 0.3) is 5.91 Å². The SMILES string of the molecule is CCCC(CC1(O)C(=O)Nc2ccccc21)OC. The summed E-state index contributed by atoms with van der Waals surface area (Å²) >= 11 is 0. The molecule has 0 aromatic heterocycles. The fourth-order valence-electron chi connectivity index (χ4n) is 2.46. The highest BCUT2D eigenvalue weighted by atomic mass is 16.5. The lowest BCUT2D eigenvalue weighted by Gasteiger charge is -2.25. The molecule has 1 heterocycles. The molecule has 4 heteroatoms. The van der Waals surface area contributed by atoms with Gasteiger partial charge in [-0.1, -0.05) is 31.5 Å². The highest BCUT2D eigenvalue weighted by Gasteiger charge is 2.46. The summed E-state index contributed by atoms with van der Waals surface area (Å²) in [6, 6.07) is 7.25. The Morgan fingerprint density at radius 1 is 1.44 bits per heavy atom. The zero-order valence-corrected chi connectivity index (χ0v) is 10.8. The lowest BCUT2D eigenvalue weighted by molar-refractivity contribution is -0.137. The molecule has 1 amide bonds. The Morgan fingerprint density at radius 2 is 2.17 bits per heavy atom. The summed E-state index contributed by atoms with van der Waals surface area (Å²) in [4.78, 5) is 12.0. The molecule has 0 spiro atoms. The number of anilines is 1. The Labute approximate surface area is 107 Å². The maximum absolute atomic E-state index is 12.0. The molecular formula is C14H19NO3. The van der Waals surface area contributed by atoms with E-state index in [0.29, 0.717) is 17.7 Å². The average molecular weight is 249 g/mol. The van der Waals surface area contributed by atoms with Crippen LogP contribution in [0, 0.1) is 0 Å². The van der Waals surface area contributed by atoms with Crippen molar-refractivity contribution in [3.8, 4) is 0 Å². The van der Waals surface area contributed by atoms with Gasteiger partial charge in [0.15, 0.2) is 5.60 Å². The number of amides is 1. The third-order valence-electron chi connectivity index (χ3n) is 3.46. The molecule has 0 bridgehead atoms. The molecule has 0 saturated heterocycles. The molecule has 1 aliphatic rings. The van der Waals surface area contributed by atoms with E-state index in [1.165, 1.54) is 0 Å². The number of aliphatic hydroxyl groups is 1. The number of nitrogens with one attached hydrogen (secondary N) is 1. The van der Waals surface area contributed by atoms with E-state index in [1.54, 1.807) is 19.2 Å². The van der Waals surface area contributed by atoms with Crippen molar-refractivity contribution in [1.82, 2.24) is 0 Å². The third kappa shape index (κ3) is 2.13. The van der Waals surface area contributed by atoms with Crippen LogP contribution >= 0.6 is 0 Å². The molecule has 2 rings (SSSR count). The molecule has 2 unspecified atom stereocenters. The number of para-hydroxylation sites is 1. The smallest absolute Gasteiger partial charge is 0.261 e. The lowest BCUT2D eigenvalue weighted by Crippen LogP contribution is -2.38. The lowest BCUT2D eigenvalue weighted by atomic mass is 9.88. The number of carbonyl (C=O) groups is 1. The molecule has 0 saturated carbocycles. The van der Waals surface area contributed by atoms with Gasteiger partial charge >= 0.3 is 0 Å². The van der Waals surface area contributed by atoms with Crippen LogP contribution in [0.2, 0.25) is 0 Å². The van der Waals surface area contributed by atoms with Gasteiger partial charge in [-0.25, -0.2) is 0 Å². The molecule has 18 heavy (non-hydrogen) atoms. The fourth-order valence-corrected chi connectivity index (χ4v) is 2.46. The summed E-state index contributed by atoms with van der Waals surface area (Å²) in [5, 5.41) is 13.4. The largest absolute Gasteiger partial charge is 0.381 e. The summed E-state index contributed by atoms with van der Waals surface area (Å²) in [5.41, 5.74) is -0.128. The van der Waals surface area contributed by atoms with Crippen LogP contribution in [0.15, 0.2) is 24.3 Å². The first-order valence-corrected chi connectivity index (χ1v) is 6.28. The van der Waals surface area contributed by atoms with Gasteiger partial charge in [-0.3, -0.25) is 4.79 Å². The second-order valence-electron chi connectivity index (χ2n) is 4.71. The van der Waals surface area contributed by atoms with E-state index in [2.05, 4.69) is 12.2 Å². The zero-order chi connectivity index (χ0) is 13.2. The first kappa shape index (κ1) is 13.1. The number of benzene rings is 1. The van der Waals surface area contributed by atoms with Crippen molar-refractivity contribution in [3.63, 3.8) is 0 Å². The molecule has 98 valence electrons. The van der Waals surface area contributed by atoms with Crippen LogP contribution in [-0.2, 0) is 15.1 Å². The second-order valence-corrected chi connectivity index (χ2v) is 4.71. The van der Waals surface area contributed by atoms with E-state index in [0.717, 1.165) is 12.8 Å². The van der Waals surface area contributed by atoms with Crippen molar-refractivity contribution in [1.29, 1.82) is 0 Å². The molecule has 0 aliphatic carbocycles. The highest BCUT2D eigenvalue weighted by molar-refractivity contribution is 6.04. The third-order valence-corrected chi connectivity index (χ3v) is 3.46. The van der Waals surface area contributed by atoms with Crippen molar-refractivity contribution in [2.45, 2.75) is 37.9 Å². The molecule has 4 nitrogen and oxygen atoms in total. The first-order valence-electron chi connectivity index (χ1n) is 6.28. The summed E-state index contributed by atoms with van der Waals surface area (Å²) < 4.78 is 5.34. The molecule has 2 N–H and O–H groups in total. The van der Waals surface area contributed by atoms with Crippen molar-refractivity contribution in [2.24, 2.45) is 0 Å². The van der Waals surface area contributed by atoms with E-state index in [4.69, 9.17) is 4.74 Å². The van der Waals surface area contributed by atoms with Gasteiger partial charge in [-0.05, 0) is 12.5 Å². The minimum absolute atomic E-state index is 0.114. The van der Waals surface area contributed by atoms with Gasteiger partial charge in [-0.15, -0.1) is 0 Å². The molecule has 1 aromatic carbocycles. The number of methoxy groups -OCH3 is 1. The molecular weight excluding hydrogens is 230 g/mol. The van der Waals surface area contributed by atoms with E-state index >= 15 is 0 Å². The van der Waals surface area contributed by atoms with Gasteiger partial charge in [0.1, 0.15) is 0 Å². The monoisotopic (exact) mass is 249 g/mol. The quantitative estimate of drug-likeness (QED) is 0.839. The first-order chi connectivity index (χ1) is 8.61. The van der Waals surface area contributed by atoms with Crippen LogP contribution in [0.1, 0.15) is 31.7 Å². The summed E-state index contributed by atoms with van der Waals surface area (Å²) in [6.45, 7) is 2.05. The van der Waals surface area contributed by atoms with E-state index in [9.17, 15) is 9.90 Å².